The number of sulfonamides is 1. The molecule has 7 nitrogen and oxygen atoms in total. The molecule has 29 heavy (non-hydrogen) atoms. The summed E-state index contributed by atoms with van der Waals surface area (Å²) in [7, 11) is -2.04. The van der Waals surface area contributed by atoms with E-state index in [0.29, 0.717) is 31.5 Å². The average molecular weight is 416 g/mol. The smallest absolute Gasteiger partial charge is 0.253 e. The van der Waals surface area contributed by atoms with Crippen LogP contribution in [0.1, 0.15) is 28.8 Å². The fraction of sp³-hybridized carbons (Fsp3) is 0.333. The zero-order valence-corrected chi connectivity index (χ0v) is 17.1. The second kappa shape index (κ2) is 8.75. The number of amides is 2. The van der Waals surface area contributed by atoms with Crippen LogP contribution in [0.3, 0.4) is 0 Å². The van der Waals surface area contributed by atoms with Crippen LogP contribution in [0.15, 0.2) is 59.5 Å². The molecule has 1 aliphatic rings. The SMILES string of the molecule is CN(Cc1ccc(C(=O)N2CCC(C(N)=O)CC2)cc1)S(=O)(=O)c1ccccc1. The van der Waals surface area contributed by atoms with Gasteiger partial charge in [-0.1, -0.05) is 30.3 Å². The maximum atomic E-state index is 12.7. The third-order valence-electron chi connectivity index (χ3n) is 5.24. The molecule has 0 bridgehead atoms. The predicted octanol–water partition coefficient (Wildman–Crippen LogP) is 1.84. The molecule has 1 aliphatic heterocycles. The Morgan fingerprint density at radius 3 is 2.17 bits per heavy atom. The Balaban J connectivity index is 1.63. The molecular weight excluding hydrogens is 390 g/mol. The van der Waals surface area contributed by atoms with Gasteiger partial charge >= 0.3 is 0 Å². The lowest BCUT2D eigenvalue weighted by molar-refractivity contribution is -0.123. The van der Waals surface area contributed by atoms with Crippen LogP contribution in [-0.2, 0) is 21.4 Å². The number of likely N-dealkylation sites (tertiary alicyclic amines) is 1. The molecule has 8 heteroatoms. The zero-order chi connectivity index (χ0) is 21.0. The topological polar surface area (TPSA) is 101 Å². The molecule has 1 heterocycles. The standard InChI is InChI=1S/C21H25N3O4S/c1-23(29(27,28)19-5-3-2-4-6-19)15-16-7-9-18(10-8-16)21(26)24-13-11-17(12-14-24)20(22)25/h2-10,17H,11-15H2,1H3,(H2,22,25). The summed E-state index contributed by atoms with van der Waals surface area (Å²) in [6.45, 7) is 1.22. The Morgan fingerprint density at radius 1 is 1.03 bits per heavy atom. The molecule has 154 valence electrons. The van der Waals surface area contributed by atoms with Crippen molar-refractivity contribution in [3.63, 3.8) is 0 Å². The number of carbonyl (C=O) groups excluding carboxylic acids is 2. The van der Waals surface area contributed by atoms with Gasteiger partial charge < -0.3 is 10.6 Å². The van der Waals surface area contributed by atoms with Crippen LogP contribution >= 0.6 is 0 Å². The van der Waals surface area contributed by atoms with E-state index in [1.165, 1.54) is 11.4 Å². The van der Waals surface area contributed by atoms with Crippen molar-refractivity contribution in [2.45, 2.75) is 24.3 Å². The molecule has 2 aromatic carbocycles. The molecule has 0 spiro atoms. The van der Waals surface area contributed by atoms with E-state index in [1.54, 1.807) is 59.5 Å². The van der Waals surface area contributed by atoms with Crippen LogP contribution < -0.4 is 5.73 Å². The summed E-state index contributed by atoms with van der Waals surface area (Å²) < 4.78 is 26.5. The van der Waals surface area contributed by atoms with Gasteiger partial charge in [0.05, 0.1) is 4.90 Å². The number of benzene rings is 2. The quantitative estimate of drug-likeness (QED) is 0.778. The highest BCUT2D eigenvalue weighted by atomic mass is 32.2. The number of carbonyl (C=O) groups is 2. The van der Waals surface area contributed by atoms with Crippen molar-refractivity contribution in [2.24, 2.45) is 11.7 Å². The van der Waals surface area contributed by atoms with E-state index in [0.717, 1.165) is 5.56 Å². The minimum Gasteiger partial charge on any atom is -0.369 e. The average Bonchev–Trinajstić information content (AvgIpc) is 2.74. The Morgan fingerprint density at radius 2 is 1.62 bits per heavy atom. The van der Waals surface area contributed by atoms with E-state index in [-0.39, 0.29) is 29.2 Å². The summed E-state index contributed by atoms with van der Waals surface area (Å²) in [5.74, 6) is -0.565. The molecule has 0 aromatic heterocycles. The molecule has 1 fully saturated rings. The van der Waals surface area contributed by atoms with Gasteiger partial charge in [-0.25, -0.2) is 8.42 Å². The minimum atomic E-state index is -3.57. The Kier molecular flexibility index (Phi) is 6.34. The predicted molar refractivity (Wildman–Crippen MR) is 109 cm³/mol. The third-order valence-corrected chi connectivity index (χ3v) is 7.06. The van der Waals surface area contributed by atoms with Gasteiger partial charge in [0.25, 0.3) is 5.91 Å². The normalized spacial score (nSPS) is 15.4. The Labute approximate surface area is 171 Å². The summed E-state index contributed by atoms with van der Waals surface area (Å²) in [5.41, 5.74) is 6.66. The van der Waals surface area contributed by atoms with E-state index < -0.39 is 10.0 Å². The van der Waals surface area contributed by atoms with Crippen molar-refractivity contribution in [3.8, 4) is 0 Å². The van der Waals surface area contributed by atoms with Crippen molar-refractivity contribution >= 4 is 21.8 Å². The molecular formula is C21H25N3O4S. The number of piperidine rings is 1. The summed E-state index contributed by atoms with van der Waals surface area (Å²) in [6, 6.07) is 15.2. The van der Waals surface area contributed by atoms with Crippen LogP contribution in [-0.4, -0.2) is 49.6 Å². The van der Waals surface area contributed by atoms with E-state index in [2.05, 4.69) is 0 Å². The molecule has 0 unspecified atom stereocenters. The molecule has 3 rings (SSSR count). The van der Waals surface area contributed by atoms with Crippen molar-refractivity contribution in [2.75, 3.05) is 20.1 Å². The minimum absolute atomic E-state index is 0.0928. The highest BCUT2D eigenvalue weighted by molar-refractivity contribution is 7.89. The largest absolute Gasteiger partial charge is 0.369 e. The fourth-order valence-corrected chi connectivity index (χ4v) is 4.60. The number of nitrogens with two attached hydrogens (primary N) is 1. The number of nitrogens with zero attached hydrogens (tertiary/aromatic N) is 2. The van der Waals surface area contributed by atoms with Gasteiger partial charge in [0.2, 0.25) is 15.9 Å². The monoisotopic (exact) mass is 415 g/mol. The maximum absolute atomic E-state index is 12.7. The highest BCUT2D eigenvalue weighted by Gasteiger charge is 2.26. The van der Waals surface area contributed by atoms with Crippen molar-refractivity contribution in [1.82, 2.24) is 9.21 Å². The number of primary amides is 1. The summed E-state index contributed by atoms with van der Waals surface area (Å²) in [6.07, 6.45) is 1.17. The van der Waals surface area contributed by atoms with Gasteiger partial charge in [0.15, 0.2) is 0 Å². The molecule has 0 atom stereocenters. The van der Waals surface area contributed by atoms with Crippen LogP contribution in [0.5, 0.6) is 0 Å². The highest BCUT2D eigenvalue weighted by Crippen LogP contribution is 2.20. The van der Waals surface area contributed by atoms with E-state index in [4.69, 9.17) is 5.73 Å². The van der Waals surface area contributed by atoms with E-state index in [9.17, 15) is 18.0 Å². The molecule has 0 aliphatic carbocycles. The first-order valence-corrected chi connectivity index (χ1v) is 10.9. The number of hydrogen-bond donors (Lipinski definition) is 1. The lowest BCUT2D eigenvalue weighted by Crippen LogP contribution is -2.41. The van der Waals surface area contributed by atoms with Gasteiger partial charge in [-0.15, -0.1) is 0 Å². The van der Waals surface area contributed by atoms with Gasteiger partial charge in [-0.05, 0) is 42.7 Å². The fourth-order valence-electron chi connectivity index (χ4n) is 3.42. The van der Waals surface area contributed by atoms with Gasteiger partial charge in [-0.2, -0.15) is 4.31 Å². The Bertz CT molecular complexity index is 967. The van der Waals surface area contributed by atoms with Crippen LogP contribution in [0.2, 0.25) is 0 Å². The lowest BCUT2D eigenvalue weighted by atomic mass is 9.96. The van der Waals surface area contributed by atoms with Crippen molar-refractivity contribution in [1.29, 1.82) is 0 Å². The molecule has 2 aromatic rings. The first kappa shape index (κ1) is 21.0. The number of rotatable bonds is 6. The summed E-state index contributed by atoms with van der Waals surface area (Å²) in [5, 5.41) is 0. The van der Waals surface area contributed by atoms with Crippen LogP contribution in [0.4, 0.5) is 0 Å². The third kappa shape index (κ3) is 4.83. The van der Waals surface area contributed by atoms with E-state index >= 15 is 0 Å². The molecule has 2 N–H and O–H groups in total. The molecule has 0 radical (unpaired) electrons. The Hall–Kier alpha value is -2.71. The van der Waals surface area contributed by atoms with Crippen LogP contribution in [0.25, 0.3) is 0 Å². The second-order valence-electron chi connectivity index (χ2n) is 7.24. The molecule has 0 saturated carbocycles. The summed E-state index contributed by atoms with van der Waals surface area (Å²) in [4.78, 5) is 25.9. The van der Waals surface area contributed by atoms with Gasteiger partial charge in [0, 0.05) is 38.2 Å². The number of hydrogen-bond acceptors (Lipinski definition) is 4. The van der Waals surface area contributed by atoms with E-state index in [1.807, 2.05) is 0 Å². The van der Waals surface area contributed by atoms with Crippen molar-refractivity contribution < 1.29 is 18.0 Å². The van der Waals surface area contributed by atoms with Crippen molar-refractivity contribution in [3.05, 3.63) is 65.7 Å². The maximum Gasteiger partial charge on any atom is 0.253 e. The second-order valence-corrected chi connectivity index (χ2v) is 9.28. The summed E-state index contributed by atoms with van der Waals surface area (Å²) >= 11 is 0. The first-order chi connectivity index (χ1) is 13.8. The molecule has 1 saturated heterocycles. The lowest BCUT2D eigenvalue weighted by Gasteiger charge is -2.30. The molecule has 2 amide bonds. The van der Waals surface area contributed by atoms with Crippen LogP contribution in [0, 0.1) is 5.92 Å². The van der Waals surface area contributed by atoms with Gasteiger partial charge in [0.1, 0.15) is 0 Å². The zero-order valence-electron chi connectivity index (χ0n) is 16.3. The van der Waals surface area contributed by atoms with Gasteiger partial charge in [-0.3, -0.25) is 9.59 Å². The first-order valence-electron chi connectivity index (χ1n) is 9.48.